The number of carbonyl (C=O) groups excluding carboxylic acids is 3. The predicted octanol–water partition coefficient (Wildman–Crippen LogP) is 5.07. The Morgan fingerprint density at radius 2 is 1.80 bits per heavy atom. The summed E-state index contributed by atoms with van der Waals surface area (Å²) in [4.78, 5) is 43.7. The molecule has 2 aliphatic rings. The van der Waals surface area contributed by atoms with Crippen LogP contribution in [0.1, 0.15) is 27.9 Å². The molecule has 35 heavy (non-hydrogen) atoms. The van der Waals surface area contributed by atoms with Gasteiger partial charge in [0.15, 0.2) is 11.0 Å². The number of rotatable bonds is 5. The van der Waals surface area contributed by atoms with Crippen LogP contribution in [0.4, 0.5) is 15.8 Å². The van der Waals surface area contributed by atoms with E-state index < -0.39 is 5.82 Å². The summed E-state index contributed by atoms with van der Waals surface area (Å²) in [5, 5.41) is 3.16. The van der Waals surface area contributed by atoms with Gasteiger partial charge in [-0.25, -0.2) is 9.38 Å². The number of nitrogens with one attached hydrogen (secondary N) is 1. The van der Waals surface area contributed by atoms with E-state index >= 15 is 0 Å². The Bertz CT molecular complexity index is 1380. The molecular weight excluding hydrogens is 465 g/mol. The molecule has 0 unspecified atom stereocenters. The highest BCUT2D eigenvalue weighted by Crippen LogP contribution is 2.30. The lowest BCUT2D eigenvalue weighted by Crippen LogP contribution is -2.30. The van der Waals surface area contributed by atoms with Crippen molar-refractivity contribution in [3.63, 3.8) is 0 Å². The predicted molar refractivity (Wildman–Crippen MR) is 136 cm³/mol. The minimum absolute atomic E-state index is 0.0312. The minimum atomic E-state index is -0.412. The van der Waals surface area contributed by atoms with Crippen LogP contribution in [-0.2, 0) is 16.0 Å². The first kappa shape index (κ1) is 22.7. The van der Waals surface area contributed by atoms with Crippen LogP contribution >= 0.6 is 11.8 Å². The molecule has 2 aliphatic heterocycles. The van der Waals surface area contributed by atoms with Crippen molar-refractivity contribution in [2.75, 3.05) is 16.0 Å². The summed E-state index contributed by atoms with van der Waals surface area (Å²) in [6.07, 6.45) is 2.66. The first-order valence-corrected chi connectivity index (χ1v) is 12.0. The van der Waals surface area contributed by atoms with Gasteiger partial charge in [0.2, 0.25) is 5.91 Å². The van der Waals surface area contributed by atoms with Gasteiger partial charge < -0.3 is 5.32 Å². The molecule has 0 atom stereocenters. The Labute approximate surface area is 205 Å². The molecule has 2 amide bonds. The SMILES string of the molecule is O=C1CCc2cc(C(=O)CSC3=N/C(=C/c4ccccc4)C(=O)N3c3ccc(F)cc3)ccc2N1. The zero-order chi connectivity index (χ0) is 24.4. The Morgan fingerprint density at radius 3 is 2.57 bits per heavy atom. The molecule has 0 aromatic heterocycles. The van der Waals surface area contributed by atoms with Gasteiger partial charge in [0.25, 0.3) is 5.91 Å². The molecule has 3 aromatic rings. The lowest BCUT2D eigenvalue weighted by atomic mass is 9.99. The van der Waals surface area contributed by atoms with Crippen LogP contribution < -0.4 is 10.2 Å². The molecule has 0 spiro atoms. The lowest BCUT2D eigenvalue weighted by Gasteiger charge is -2.18. The van der Waals surface area contributed by atoms with Crippen molar-refractivity contribution in [2.24, 2.45) is 4.99 Å². The van der Waals surface area contributed by atoms with Gasteiger partial charge in [-0.15, -0.1) is 0 Å². The smallest absolute Gasteiger partial charge is 0.283 e. The molecule has 8 heteroatoms. The molecule has 0 aliphatic carbocycles. The van der Waals surface area contributed by atoms with Gasteiger partial charge in [0.05, 0.1) is 11.4 Å². The van der Waals surface area contributed by atoms with E-state index in [1.54, 1.807) is 24.3 Å². The van der Waals surface area contributed by atoms with Gasteiger partial charge >= 0.3 is 0 Å². The molecule has 0 fully saturated rings. The molecule has 0 radical (unpaired) electrons. The fourth-order valence-electron chi connectivity index (χ4n) is 3.89. The van der Waals surface area contributed by atoms with Crippen LogP contribution in [0.2, 0.25) is 0 Å². The molecule has 2 heterocycles. The number of aliphatic imine (C=N–C) groups is 1. The number of halogens is 1. The van der Waals surface area contributed by atoms with Crippen molar-refractivity contribution in [3.8, 4) is 0 Å². The van der Waals surface area contributed by atoms with Gasteiger partial charge in [-0.1, -0.05) is 42.1 Å². The number of thioether (sulfide) groups is 1. The molecule has 6 nitrogen and oxygen atoms in total. The lowest BCUT2D eigenvalue weighted by molar-refractivity contribution is -0.116. The van der Waals surface area contributed by atoms with Gasteiger partial charge in [-0.05, 0) is 66.1 Å². The monoisotopic (exact) mass is 485 g/mol. The molecule has 5 rings (SSSR count). The molecule has 0 saturated carbocycles. The molecule has 0 saturated heterocycles. The molecular formula is C27H20FN3O3S. The van der Waals surface area contributed by atoms with Crippen LogP contribution in [-0.4, -0.2) is 28.5 Å². The third-order valence-electron chi connectivity index (χ3n) is 5.67. The number of ketones is 1. The van der Waals surface area contributed by atoms with Crippen LogP contribution in [0, 0.1) is 5.82 Å². The van der Waals surface area contributed by atoms with Gasteiger partial charge in [-0.3, -0.25) is 19.3 Å². The maximum absolute atomic E-state index is 13.5. The van der Waals surface area contributed by atoms with Gasteiger partial charge in [0, 0.05) is 17.7 Å². The van der Waals surface area contributed by atoms with Crippen LogP contribution in [0.15, 0.2) is 83.5 Å². The van der Waals surface area contributed by atoms with E-state index in [4.69, 9.17) is 0 Å². The molecule has 1 N–H and O–H groups in total. The highest BCUT2D eigenvalue weighted by molar-refractivity contribution is 8.14. The van der Waals surface area contributed by atoms with E-state index in [1.807, 2.05) is 30.3 Å². The summed E-state index contributed by atoms with van der Waals surface area (Å²) in [7, 11) is 0. The van der Waals surface area contributed by atoms with Crippen LogP contribution in [0.5, 0.6) is 0 Å². The summed E-state index contributed by atoms with van der Waals surface area (Å²) in [5.41, 5.74) is 3.72. The van der Waals surface area contributed by atoms with E-state index in [1.165, 1.54) is 29.2 Å². The van der Waals surface area contributed by atoms with Crippen LogP contribution in [0.25, 0.3) is 6.08 Å². The topological polar surface area (TPSA) is 78.8 Å². The van der Waals surface area contributed by atoms with Crippen molar-refractivity contribution < 1.29 is 18.8 Å². The number of amidine groups is 1. The number of hydrogen-bond donors (Lipinski definition) is 1. The maximum Gasteiger partial charge on any atom is 0.283 e. The number of carbonyl (C=O) groups is 3. The molecule has 0 bridgehead atoms. The quantitative estimate of drug-likeness (QED) is 0.404. The molecule has 3 aromatic carbocycles. The zero-order valence-electron chi connectivity index (χ0n) is 18.5. The second kappa shape index (κ2) is 9.68. The highest BCUT2D eigenvalue weighted by Gasteiger charge is 2.32. The van der Waals surface area contributed by atoms with Crippen molar-refractivity contribution in [1.82, 2.24) is 0 Å². The first-order chi connectivity index (χ1) is 17.0. The number of nitrogens with zero attached hydrogens (tertiary/aromatic N) is 2. The molecule has 174 valence electrons. The number of fused-ring (bicyclic) bond motifs is 1. The third-order valence-corrected chi connectivity index (χ3v) is 6.61. The average Bonchev–Trinajstić information content (AvgIpc) is 3.18. The largest absolute Gasteiger partial charge is 0.326 e. The van der Waals surface area contributed by atoms with Crippen molar-refractivity contribution >= 4 is 52.0 Å². The second-order valence-electron chi connectivity index (χ2n) is 8.08. The number of Topliss-reactive ketones (excluding diaryl/α,β-unsaturated/α-hetero) is 1. The van der Waals surface area contributed by atoms with E-state index in [-0.39, 0.29) is 29.0 Å². The fourth-order valence-corrected chi connectivity index (χ4v) is 4.80. The zero-order valence-corrected chi connectivity index (χ0v) is 19.3. The maximum atomic E-state index is 13.5. The van der Waals surface area contributed by atoms with Crippen molar-refractivity contribution in [2.45, 2.75) is 12.8 Å². The minimum Gasteiger partial charge on any atom is -0.326 e. The Hall–Kier alpha value is -4.04. The highest BCUT2D eigenvalue weighted by atomic mass is 32.2. The summed E-state index contributed by atoms with van der Waals surface area (Å²) >= 11 is 1.15. The average molecular weight is 486 g/mol. The second-order valence-corrected chi connectivity index (χ2v) is 9.03. The van der Waals surface area contributed by atoms with Gasteiger partial charge in [0.1, 0.15) is 11.5 Å². The van der Waals surface area contributed by atoms with Crippen molar-refractivity contribution in [3.05, 3.63) is 101 Å². The van der Waals surface area contributed by atoms with Gasteiger partial charge in [-0.2, -0.15) is 0 Å². The number of aryl methyl sites for hydroxylation is 1. The number of benzene rings is 3. The van der Waals surface area contributed by atoms with Crippen molar-refractivity contribution in [1.29, 1.82) is 0 Å². The summed E-state index contributed by atoms with van der Waals surface area (Å²) in [6, 6.07) is 20.2. The standard InChI is InChI=1S/C27H20FN3O3S/c28-20-8-10-21(11-9-20)31-26(34)23(14-17-4-2-1-3-5-17)30-27(31)35-16-24(32)19-6-12-22-18(15-19)7-13-25(33)29-22/h1-6,8-12,14-15H,7,13,16H2,(H,29,33)/b23-14+. The Morgan fingerprint density at radius 1 is 1.03 bits per heavy atom. The number of amides is 2. The van der Waals surface area contributed by atoms with E-state index in [0.29, 0.717) is 29.3 Å². The van der Waals surface area contributed by atoms with E-state index in [2.05, 4.69) is 10.3 Å². The summed E-state index contributed by atoms with van der Waals surface area (Å²) in [6.45, 7) is 0. The normalized spacial score (nSPS) is 16.2. The Kier molecular flexibility index (Phi) is 6.29. The first-order valence-electron chi connectivity index (χ1n) is 11.0. The number of anilines is 2. The third kappa shape index (κ3) is 4.93. The van der Waals surface area contributed by atoms with E-state index in [0.717, 1.165) is 28.6 Å². The number of hydrogen-bond acceptors (Lipinski definition) is 5. The summed E-state index contributed by atoms with van der Waals surface area (Å²) < 4.78 is 13.5. The van der Waals surface area contributed by atoms with Crippen LogP contribution in [0.3, 0.4) is 0 Å². The summed E-state index contributed by atoms with van der Waals surface area (Å²) in [5.74, 6) is -0.848. The Balaban J connectivity index is 1.39. The fraction of sp³-hybridized carbons (Fsp3) is 0.111. The van der Waals surface area contributed by atoms with E-state index in [9.17, 15) is 18.8 Å².